The summed E-state index contributed by atoms with van der Waals surface area (Å²) in [6.45, 7) is 1.36. The minimum atomic E-state index is -0.0584. The van der Waals surface area contributed by atoms with Crippen molar-refractivity contribution in [3.8, 4) is 0 Å². The number of benzene rings is 1. The maximum atomic E-state index is 12.9. The molecular weight excluding hydrogens is 358 g/mol. The predicted octanol–water partition coefficient (Wildman–Crippen LogP) is 3.96. The number of hydrogen-bond donors (Lipinski definition) is 0. The topological polar surface area (TPSA) is 53.5 Å². The van der Waals surface area contributed by atoms with E-state index in [1.165, 1.54) is 11.1 Å². The number of nitrogens with zero attached hydrogens (tertiary/aromatic N) is 3. The number of para-hydroxylation sites is 1. The lowest BCUT2D eigenvalue weighted by molar-refractivity contribution is -0.143. The fourth-order valence-electron chi connectivity index (χ4n) is 5.02. The van der Waals surface area contributed by atoms with Gasteiger partial charge in [0.15, 0.2) is 0 Å². The number of imide groups is 1. The number of amides is 2. The Balaban J connectivity index is 1.39. The second-order valence-electron chi connectivity index (χ2n) is 8.09. The van der Waals surface area contributed by atoms with Crippen molar-refractivity contribution >= 4 is 33.4 Å². The average molecular weight is 384 g/mol. The summed E-state index contributed by atoms with van der Waals surface area (Å²) in [6.07, 6.45) is 7.25. The summed E-state index contributed by atoms with van der Waals surface area (Å²) >= 11 is 1.75. The monoisotopic (exact) mass is 383 g/mol. The zero-order valence-electron chi connectivity index (χ0n) is 15.5. The molecule has 1 aliphatic carbocycles. The van der Waals surface area contributed by atoms with Crippen LogP contribution in [0.3, 0.4) is 0 Å². The van der Waals surface area contributed by atoms with Crippen LogP contribution in [0.5, 0.6) is 0 Å². The summed E-state index contributed by atoms with van der Waals surface area (Å²) in [6, 6.07) is 8.45. The van der Waals surface area contributed by atoms with Gasteiger partial charge in [-0.2, -0.15) is 0 Å². The molecule has 142 valence electrons. The van der Waals surface area contributed by atoms with Crippen molar-refractivity contribution in [2.45, 2.75) is 51.0 Å². The highest BCUT2D eigenvalue weighted by molar-refractivity contribution is 7.18. The van der Waals surface area contributed by atoms with E-state index in [-0.39, 0.29) is 29.7 Å². The maximum Gasteiger partial charge on any atom is 0.234 e. The number of rotatable bonds is 3. The van der Waals surface area contributed by atoms with Gasteiger partial charge in [-0.1, -0.05) is 31.4 Å². The Labute approximate surface area is 163 Å². The third-order valence-corrected chi connectivity index (χ3v) is 7.60. The molecule has 6 heteroatoms. The van der Waals surface area contributed by atoms with Crippen molar-refractivity contribution < 1.29 is 9.59 Å². The van der Waals surface area contributed by atoms with Gasteiger partial charge >= 0.3 is 0 Å². The molecule has 0 spiro atoms. The smallest absolute Gasteiger partial charge is 0.234 e. The van der Waals surface area contributed by atoms with Crippen molar-refractivity contribution in [2.75, 3.05) is 13.2 Å². The van der Waals surface area contributed by atoms with Crippen LogP contribution in [-0.2, 0) is 9.59 Å². The van der Waals surface area contributed by atoms with E-state index in [9.17, 15) is 9.59 Å². The van der Waals surface area contributed by atoms with Crippen molar-refractivity contribution in [3.63, 3.8) is 0 Å². The molecule has 3 aliphatic rings. The molecule has 3 atom stereocenters. The number of likely N-dealkylation sites (tertiary alicyclic amines) is 2. The number of piperidine rings is 1. The molecule has 27 heavy (non-hydrogen) atoms. The highest BCUT2D eigenvalue weighted by Crippen LogP contribution is 2.40. The van der Waals surface area contributed by atoms with E-state index in [0.29, 0.717) is 6.67 Å². The molecule has 5 rings (SSSR count). The SMILES string of the molecule is O=C1[C@H]2CCCC[C@H]2C(=O)N1CN1CCCC[C@H]1c1nc2ccccc2s1. The van der Waals surface area contributed by atoms with E-state index in [0.717, 1.165) is 55.6 Å². The Morgan fingerprint density at radius 2 is 1.67 bits per heavy atom. The number of aromatic nitrogens is 1. The summed E-state index contributed by atoms with van der Waals surface area (Å²) in [5.41, 5.74) is 1.04. The fraction of sp³-hybridized carbons (Fsp3) is 0.571. The average Bonchev–Trinajstić information content (AvgIpc) is 3.24. The van der Waals surface area contributed by atoms with E-state index in [4.69, 9.17) is 4.98 Å². The van der Waals surface area contributed by atoms with Crippen molar-refractivity contribution in [1.82, 2.24) is 14.8 Å². The zero-order chi connectivity index (χ0) is 18.4. The predicted molar refractivity (Wildman–Crippen MR) is 105 cm³/mol. The molecule has 1 aromatic heterocycles. The molecule has 1 aromatic carbocycles. The molecule has 5 nitrogen and oxygen atoms in total. The van der Waals surface area contributed by atoms with Gasteiger partial charge < -0.3 is 0 Å². The molecule has 0 bridgehead atoms. The first-order valence-corrected chi connectivity index (χ1v) is 11.0. The molecule has 0 N–H and O–H groups in total. The molecular formula is C21H25N3O2S. The maximum absolute atomic E-state index is 12.9. The zero-order valence-corrected chi connectivity index (χ0v) is 16.3. The van der Waals surface area contributed by atoms with Crippen LogP contribution in [0.4, 0.5) is 0 Å². The number of carbonyl (C=O) groups is 2. The third kappa shape index (κ3) is 2.99. The van der Waals surface area contributed by atoms with E-state index >= 15 is 0 Å². The molecule has 2 aliphatic heterocycles. The van der Waals surface area contributed by atoms with E-state index in [2.05, 4.69) is 17.0 Å². The quantitative estimate of drug-likeness (QED) is 0.753. The van der Waals surface area contributed by atoms with Gasteiger partial charge in [0.05, 0.1) is 34.8 Å². The van der Waals surface area contributed by atoms with E-state index < -0.39 is 0 Å². The molecule has 2 aromatic rings. The molecule has 2 saturated heterocycles. The largest absolute Gasteiger partial charge is 0.276 e. The van der Waals surface area contributed by atoms with Crippen molar-refractivity contribution in [3.05, 3.63) is 29.3 Å². The minimum Gasteiger partial charge on any atom is -0.276 e. The number of fused-ring (bicyclic) bond motifs is 2. The molecule has 3 heterocycles. The summed E-state index contributed by atoms with van der Waals surface area (Å²) in [4.78, 5) is 34.5. The third-order valence-electron chi connectivity index (χ3n) is 6.46. The first-order valence-electron chi connectivity index (χ1n) is 10.2. The number of thiazole rings is 1. The Hall–Kier alpha value is -1.79. The molecule has 0 unspecified atom stereocenters. The van der Waals surface area contributed by atoms with Gasteiger partial charge in [0.25, 0.3) is 0 Å². The molecule has 3 fully saturated rings. The lowest BCUT2D eigenvalue weighted by Gasteiger charge is -2.36. The number of carbonyl (C=O) groups excluding carboxylic acids is 2. The second-order valence-corrected chi connectivity index (χ2v) is 9.15. The Morgan fingerprint density at radius 3 is 2.41 bits per heavy atom. The normalized spacial score (nSPS) is 29.5. The van der Waals surface area contributed by atoms with Crippen LogP contribution >= 0.6 is 11.3 Å². The summed E-state index contributed by atoms with van der Waals surface area (Å²) < 4.78 is 1.21. The number of hydrogen-bond acceptors (Lipinski definition) is 5. The standard InChI is InChI=1S/C21H25N3O2S/c25-20-14-7-1-2-8-15(14)21(26)24(20)13-23-12-6-5-10-17(23)19-22-16-9-3-4-11-18(16)27-19/h3-4,9,11,14-15,17H,1-2,5-8,10,12-13H2/t14-,15+,17-/m0/s1. The molecule has 2 amide bonds. The van der Waals surface area contributed by atoms with Gasteiger partial charge in [-0.3, -0.25) is 19.4 Å². The first-order chi connectivity index (χ1) is 13.2. The van der Waals surface area contributed by atoms with Crippen LogP contribution in [0.1, 0.15) is 56.0 Å². The van der Waals surface area contributed by atoms with Gasteiger partial charge in [-0.05, 0) is 37.8 Å². The van der Waals surface area contributed by atoms with Crippen molar-refractivity contribution in [2.24, 2.45) is 11.8 Å². The Kier molecular flexibility index (Phi) is 4.48. The fourth-order valence-corrected chi connectivity index (χ4v) is 6.16. The summed E-state index contributed by atoms with van der Waals surface area (Å²) in [5, 5.41) is 1.12. The highest BCUT2D eigenvalue weighted by Gasteiger charge is 2.48. The van der Waals surface area contributed by atoms with E-state index in [1.54, 1.807) is 16.2 Å². The lowest BCUT2D eigenvalue weighted by atomic mass is 9.81. The second kappa shape index (κ2) is 6.99. The van der Waals surface area contributed by atoms with Crippen LogP contribution < -0.4 is 0 Å². The van der Waals surface area contributed by atoms with Gasteiger partial charge in [0.2, 0.25) is 11.8 Å². The lowest BCUT2D eigenvalue weighted by Crippen LogP contribution is -2.45. The Morgan fingerprint density at radius 1 is 0.963 bits per heavy atom. The van der Waals surface area contributed by atoms with Crippen LogP contribution in [0.25, 0.3) is 10.2 Å². The minimum absolute atomic E-state index is 0.0584. The van der Waals surface area contributed by atoms with Crippen LogP contribution in [0, 0.1) is 11.8 Å². The summed E-state index contributed by atoms with van der Waals surface area (Å²) in [7, 11) is 0. The van der Waals surface area contributed by atoms with Crippen molar-refractivity contribution in [1.29, 1.82) is 0 Å². The summed E-state index contributed by atoms with van der Waals surface area (Å²) in [5.74, 6) is 0.0190. The Bertz CT molecular complexity index is 822. The first kappa shape index (κ1) is 17.3. The highest BCUT2D eigenvalue weighted by atomic mass is 32.1. The van der Waals surface area contributed by atoms with Gasteiger partial charge in [0.1, 0.15) is 5.01 Å². The van der Waals surface area contributed by atoms with Gasteiger partial charge in [-0.15, -0.1) is 11.3 Å². The van der Waals surface area contributed by atoms with Crippen LogP contribution in [-0.4, -0.2) is 39.8 Å². The van der Waals surface area contributed by atoms with Crippen LogP contribution in [0.15, 0.2) is 24.3 Å². The molecule has 1 saturated carbocycles. The van der Waals surface area contributed by atoms with Crippen LogP contribution in [0.2, 0.25) is 0 Å². The van der Waals surface area contributed by atoms with Gasteiger partial charge in [0, 0.05) is 6.54 Å². The van der Waals surface area contributed by atoms with E-state index in [1.807, 2.05) is 12.1 Å². The van der Waals surface area contributed by atoms with Gasteiger partial charge in [-0.25, -0.2) is 4.98 Å². The molecule has 0 radical (unpaired) electrons.